The molecule has 126 valence electrons. The van der Waals surface area contributed by atoms with Gasteiger partial charge in [0.2, 0.25) is 0 Å². The maximum atomic E-state index is 12.6. The molecular weight excluding hydrogens is 300 g/mol. The second kappa shape index (κ2) is 8.87. The lowest BCUT2D eigenvalue weighted by atomic mass is 10.1. The molecule has 4 nitrogen and oxygen atoms in total. The molecule has 2 aromatic rings. The van der Waals surface area contributed by atoms with E-state index < -0.39 is 11.8 Å². The first-order valence-electron chi connectivity index (χ1n) is 8.26. The molecule has 0 heterocycles. The van der Waals surface area contributed by atoms with Crippen molar-refractivity contribution in [3.63, 3.8) is 0 Å². The van der Waals surface area contributed by atoms with Crippen LogP contribution in [0.1, 0.15) is 25.8 Å². The topological polar surface area (TPSA) is 49.4 Å². The predicted molar refractivity (Wildman–Crippen MR) is 96.5 cm³/mol. The van der Waals surface area contributed by atoms with Crippen LogP contribution in [0.3, 0.4) is 0 Å². The predicted octanol–water partition coefficient (Wildman–Crippen LogP) is 3.38. The largest absolute Gasteiger partial charge is 0.348 e. The first-order chi connectivity index (χ1) is 11.6. The summed E-state index contributed by atoms with van der Waals surface area (Å²) < 4.78 is 0. The standard InChI is InChI=1S/C20H24N2O2/c1-16(2)13-14-21-19(23)20(24)22(18-11-7-4-8-12-18)15-17-9-5-3-6-10-17/h3-12,16H,13-15H2,1-2H3,(H,21,23). The summed E-state index contributed by atoms with van der Waals surface area (Å²) in [6, 6.07) is 18.9. The van der Waals surface area contributed by atoms with Gasteiger partial charge in [0.05, 0.1) is 6.54 Å². The molecule has 0 atom stereocenters. The number of nitrogens with zero attached hydrogens (tertiary/aromatic N) is 1. The van der Waals surface area contributed by atoms with Crippen LogP contribution in [0.5, 0.6) is 0 Å². The third-order valence-electron chi connectivity index (χ3n) is 3.70. The molecule has 2 aromatic carbocycles. The Kier molecular flexibility index (Phi) is 6.55. The van der Waals surface area contributed by atoms with E-state index >= 15 is 0 Å². The van der Waals surface area contributed by atoms with Gasteiger partial charge in [0.25, 0.3) is 0 Å². The van der Waals surface area contributed by atoms with Crippen molar-refractivity contribution in [2.24, 2.45) is 5.92 Å². The fourth-order valence-corrected chi connectivity index (χ4v) is 2.33. The van der Waals surface area contributed by atoms with E-state index in [0.29, 0.717) is 24.7 Å². The second-order valence-electron chi connectivity index (χ2n) is 6.15. The van der Waals surface area contributed by atoms with Crippen LogP contribution in [-0.4, -0.2) is 18.4 Å². The van der Waals surface area contributed by atoms with Gasteiger partial charge in [0.1, 0.15) is 0 Å². The fourth-order valence-electron chi connectivity index (χ4n) is 2.33. The number of hydrogen-bond donors (Lipinski definition) is 1. The molecule has 0 fully saturated rings. The van der Waals surface area contributed by atoms with Crippen LogP contribution in [-0.2, 0) is 16.1 Å². The minimum Gasteiger partial charge on any atom is -0.348 e. The Morgan fingerprint density at radius 2 is 1.54 bits per heavy atom. The van der Waals surface area contributed by atoms with Crippen molar-refractivity contribution in [3.05, 3.63) is 66.2 Å². The zero-order chi connectivity index (χ0) is 17.4. The number of hydrogen-bond acceptors (Lipinski definition) is 2. The molecule has 0 bridgehead atoms. The van der Waals surface area contributed by atoms with Crippen molar-refractivity contribution >= 4 is 17.5 Å². The zero-order valence-electron chi connectivity index (χ0n) is 14.2. The Balaban J connectivity index is 2.13. The highest BCUT2D eigenvalue weighted by Crippen LogP contribution is 2.17. The summed E-state index contributed by atoms with van der Waals surface area (Å²) in [7, 11) is 0. The van der Waals surface area contributed by atoms with Crippen LogP contribution in [0.4, 0.5) is 5.69 Å². The van der Waals surface area contributed by atoms with Gasteiger partial charge in [-0.1, -0.05) is 62.4 Å². The molecule has 0 aliphatic heterocycles. The van der Waals surface area contributed by atoms with Crippen molar-refractivity contribution in [1.29, 1.82) is 0 Å². The molecule has 0 unspecified atom stereocenters. The first-order valence-corrected chi connectivity index (χ1v) is 8.26. The van der Waals surface area contributed by atoms with E-state index in [9.17, 15) is 9.59 Å². The number of carbonyl (C=O) groups is 2. The Hall–Kier alpha value is -2.62. The van der Waals surface area contributed by atoms with Crippen molar-refractivity contribution in [3.8, 4) is 0 Å². The first kappa shape index (κ1) is 17.7. The highest BCUT2D eigenvalue weighted by molar-refractivity contribution is 6.40. The molecule has 2 rings (SSSR count). The van der Waals surface area contributed by atoms with Crippen LogP contribution in [0.25, 0.3) is 0 Å². The maximum Gasteiger partial charge on any atom is 0.316 e. The molecule has 0 spiro atoms. The minimum atomic E-state index is -0.560. The van der Waals surface area contributed by atoms with Gasteiger partial charge in [-0.15, -0.1) is 0 Å². The molecule has 2 amide bonds. The van der Waals surface area contributed by atoms with Crippen LogP contribution in [0.15, 0.2) is 60.7 Å². The lowest BCUT2D eigenvalue weighted by Crippen LogP contribution is -2.43. The smallest absolute Gasteiger partial charge is 0.316 e. The van der Waals surface area contributed by atoms with E-state index in [0.717, 1.165) is 12.0 Å². The SMILES string of the molecule is CC(C)CCNC(=O)C(=O)N(Cc1ccccc1)c1ccccc1. The van der Waals surface area contributed by atoms with Gasteiger partial charge in [-0.25, -0.2) is 0 Å². The number of carbonyl (C=O) groups excluding carboxylic acids is 2. The lowest BCUT2D eigenvalue weighted by Gasteiger charge is -2.22. The summed E-state index contributed by atoms with van der Waals surface area (Å²) in [4.78, 5) is 26.4. The van der Waals surface area contributed by atoms with Gasteiger partial charge in [-0.2, -0.15) is 0 Å². The maximum absolute atomic E-state index is 12.6. The van der Waals surface area contributed by atoms with Gasteiger partial charge in [0.15, 0.2) is 0 Å². The summed E-state index contributed by atoms with van der Waals surface area (Å²) in [5.41, 5.74) is 1.69. The summed E-state index contributed by atoms with van der Waals surface area (Å²) in [5, 5.41) is 2.72. The van der Waals surface area contributed by atoms with Crippen molar-refractivity contribution in [2.75, 3.05) is 11.4 Å². The zero-order valence-corrected chi connectivity index (χ0v) is 14.2. The summed E-state index contributed by atoms with van der Waals surface area (Å²) in [6.07, 6.45) is 0.850. The fraction of sp³-hybridized carbons (Fsp3) is 0.300. The number of rotatable bonds is 6. The summed E-state index contributed by atoms with van der Waals surface area (Å²) in [6.45, 7) is 5.04. The second-order valence-corrected chi connectivity index (χ2v) is 6.15. The molecule has 24 heavy (non-hydrogen) atoms. The Morgan fingerprint density at radius 3 is 2.12 bits per heavy atom. The van der Waals surface area contributed by atoms with Crippen LogP contribution in [0, 0.1) is 5.92 Å². The number of anilines is 1. The van der Waals surface area contributed by atoms with E-state index in [4.69, 9.17) is 0 Å². The molecule has 0 saturated heterocycles. The average Bonchev–Trinajstić information content (AvgIpc) is 2.60. The lowest BCUT2D eigenvalue weighted by molar-refractivity contribution is -0.137. The molecule has 0 saturated carbocycles. The normalized spacial score (nSPS) is 10.5. The quantitative estimate of drug-likeness (QED) is 0.828. The van der Waals surface area contributed by atoms with Gasteiger partial charge in [-0.3, -0.25) is 14.5 Å². The van der Waals surface area contributed by atoms with Gasteiger partial charge in [-0.05, 0) is 30.0 Å². The molecule has 4 heteroatoms. The molecule has 1 N–H and O–H groups in total. The monoisotopic (exact) mass is 324 g/mol. The minimum absolute atomic E-state index is 0.362. The van der Waals surface area contributed by atoms with E-state index in [1.54, 1.807) is 0 Å². The van der Waals surface area contributed by atoms with Gasteiger partial charge >= 0.3 is 11.8 Å². The van der Waals surface area contributed by atoms with E-state index in [1.807, 2.05) is 60.7 Å². The number of nitrogens with one attached hydrogen (secondary N) is 1. The van der Waals surface area contributed by atoms with Crippen molar-refractivity contribution in [1.82, 2.24) is 5.32 Å². The third kappa shape index (κ3) is 5.23. The third-order valence-corrected chi connectivity index (χ3v) is 3.70. The molecule has 0 radical (unpaired) electrons. The summed E-state index contributed by atoms with van der Waals surface area (Å²) in [5.74, 6) is -0.612. The van der Waals surface area contributed by atoms with Crippen LogP contribution in [0.2, 0.25) is 0 Å². The number of para-hydroxylation sites is 1. The van der Waals surface area contributed by atoms with Crippen LogP contribution >= 0.6 is 0 Å². The average molecular weight is 324 g/mol. The molecule has 0 aliphatic rings. The van der Waals surface area contributed by atoms with Gasteiger partial charge in [0, 0.05) is 12.2 Å². The Labute approximate surface area is 143 Å². The van der Waals surface area contributed by atoms with E-state index in [-0.39, 0.29) is 0 Å². The number of benzene rings is 2. The Morgan fingerprint density at radius 1 is 0.958 bits per heavy atom. The van der Waals surface area contributed by atoms with Crippen LogP contribution < -0.4 is 10.2 Å². The van der Waals surface area contributed by atoms with Crippen molar-refractivity contribution in [2.45, 2.75) is 26.8 Å². The highest BCUT2D eigenvalue weighted by Gasteiger charge is 2.23. The Bertz CT molecular complexity index is 654. The van der Waals surface area contributed by atoms with Gasteiger partial charge < -0.3 is 5.32 Å². The molecule has 0 aliphatic carbocycles. The molecule has 0 aromatic heterocycles. The van der Waals surface area contributed by atoms with E-state index in [2.05, 4.69) is 19.2 Å². The van der Waals surface area contributed by atoms with E-state index in [1.165, 1.54) is 4.90 Å². The summed E-state index contributed by atoms with van der Waals surface area (Å²) >= 11 is 0. The molecular formula is C20H24N2O2. The van der Waals surface area contributed by atoms with Crippen molar-refractivity contribution < 1.29 is 9.59 Å². The number of amides is 2. The highest BCUT2D eigenvalue weighted by atomic mass is 16.2.